The van der Waals surface area contributed by atoms with Gasteiger partial charge in [-0.3, -0.25) is 15.0 Å². The number of aliphatic hydroxyl groups excluding tert-OH is 1. The Kier molecular flexibility index (Phi) is 6.47. The number of rotatable bonds is 9. The van der Waals surface area contributed by atoms with E-state index in [1.54, 1.807) is 29.1 Å². The van der Waals surface area contributed by atoms with E-state index in [4.69, 9.17) is 4.74 Å². The molecule has 31 heavy (non-hydrogen) atoms. The number of benzene rings is 1. The third kappa shape index (κ3) is 4.54. The first kappa shape index (κ1) is 21.6. The van der Waals surface area contributed by atoms with Gasteiger partial charge in [-0.15, -0.1) is 0 Å². The summed E-state index contributed by atoms with van der Waals surface area (Å²) in [7, 11) is -3.52. The van der Waals surface area contributed by atoms with Crippen LogP contribution in [0.1, 0.15) is 30.1 Å². The predicted molar refractivity (Wildman–Crippen MR) is 116 cm³/mol. The number of pyridine rings is 1. The number of nitrogens with one attached hydrogen (secondary N) is 1. The van der Waals surface area contributed by atoms with Gasteiger partial charge in [-0.1, -0.05) is 24.3 Å². The van der Waals surface area contributed by atoms with Crippen LogP contribution in [0.3, 0.4) is 0 Å². The summed E-state index contributed by atoms with van der Waals surface area (Å²) in [6.07, 6.45) is 1.29. The number of ether oxygens (including phenoxy) is 1. The first-order valence-corrected chi connectivity index (χ1v) is 12.0. The van der Waals surface area contributed by atoms with E-state index in [9.17, 15) is 13.5 Å². The number of fused-ring (bicyclic) bond motifs is 3. The number of hydrogen-bond acceptors (Lipinski definition) is 7. The van der Waals surface area contributed by atoms with Crippen LogP contribution < -0.4 is 5.32 Å². The van der Waals surface area contributed by atoms with E-state index in [0.29, 0.717) is 54.4 Å². The van der Waals surface area contributed by atoms with Crippen LogP contribution in [-0.2, 0) is 33.3 Å². The third-order valence-corrected chi connectivity index (χ3v) is 6.94. The van der Waals surface area contributed by atoms with Crippen molar-refractivity contribution in [1.82, 2.24) is 20.1 Å². The van der Waals surface area contributed by atoms with Crippen LogP contribution >= 0.6 is 0 Å². The van der Waals surface area contributed by atoms with Crippen molar-refractivity contribution in [3.05, 3.63) is 65.6 Å². The summed E-state index contributed by atoms with van der Waals surface area (Å²) < 4.78 is 33.0. The molecular formula is C22H26N4O4S. The van der Waals surface area contributed by atoms with Crippen LogP contribution in [-0.4, -0.2) is 48.0 Å². The van der Waals surface area contributed by atoms with Gasteiger partial charge in [0, 0.05) is 49.1 Å². The standard InChI is InChI=1S/C22H26N4O4S/c1-2-30-14-12-24-22(27)20-18-15-31(28,29)19-9-4-3-8-17(19)21(18)26(25-20)13-10-16-7-5-6-11-23-16/h3-9,11,22,24,27H,2,10,12-15H2,1H3. The molecule has 2 N–H and O–H groups in total. The second-order valence-corrected chi connectivity index (χ2v) is 9.27. The number of aliphatic hydroxyl groups is 1. The van der Waals surface area contributed by atoms with E-state index in [2.05, 4.69) is 15.4 Å². The van der Waals surface area contributed by atoms with Gasteiger partial charge in [-0.25, -0.2) is 8.42 Å². The smallest absolute Gasteiger partial charge is 0.183 e. The van der Waals surface area contributed by atoms with E-state index in [1.807, 2.05) is 31.2 Å². The van der Waals surface area contributed by atoms with Crippen LogP contribution in [0.15, 0.2) is 53.6 Å². The van der Waals surface area contributed by atoms with Gasteiger partial charge in [-0.05, 0) is 25.1 Å². The first-order valence-electron chi connectivity index (χ1n) is 10.3. The van der Waals surface area contributed by atoms with Crippen LogP contribution in [0.4, 0.5) is 0 Å². The molecule has 0 radical (unpaired) electrons. The van der Waals surface area contributed by atoms with E-state index in [1.165, 1.54) is 0 Å². The molecule has 0 bridgehead atoms. The molecule has 1 aliphatic heterocycles. The topological polar surface area (TPSA) is 106 Å². The fourth-order valence-corrected chi connectivity index (χ4v) is 5.43. The first-order chi connectivity index (χ1) is 15.0. The van der Waals surface area contributed by atoms with Gasteiger partial charge in [0.2, 0.25) is 0 Å². The molecule has 9 heteroatoms. The zero-order chi connectivity index (χ0) is 21.8. The average Bonchev–Trinajstić information content (AvgIpc) is 3.13. The number of aryl methyl sites for hydroxylation is 2. The maximum Gasteiger partial charge on any atom is 0.183 e. The van der Waals surface area contributed by atoms with E-state index < -0.39 is 16.1 Å². The van der Waals surface area contributed by atoms with Crippen molar-refractivity contribution in [1.29, 1.82) is 0 Å². The molecule has 0 amide bonds. The molecule has 1 unspecified atom stereocenters. The molecule has 1 aromatic carbocycles. The molecule has 1 atom stereocenters. The highest BCUT2D eigenvalue weighted by Crippen LogP contribution is 2.40. The van der Waals surface area contributed by atoms with Crippen molar-refractivity contribution in [2.75, 3.05) is 19.8 Å². The molecule has 1 aliphatic rings. The van der Waals surface area contributed by atoms with Gasteiger partial charge >= 0.3 is 0 Å². The molecule has 164 valence electrons. The molecule has 0 aliphatic carbocycles. The number of nitrogens with zero attached hydrogens (tertiary/aromatic N) is 3. The van der Waals surface area contributed by atoms with Gasteiger partial charge in [0.05, 0.1) is 22.9 Å². The van der Waals surface area contributed by atoms with Gasteiger partial charge in [-0.2, -0.15) is 5.10 Å². The molecule has 0 saturated carbocycles. The number of aromatic nitrogens is 3. The van der Waals surface area contributed by atoms with Crippen molar-refractivity contribution in [2.45, 2.75) is 36.8 Å². The Morgan fingerprint density at radius 3 is 2.81 bits per heavy atom. The Bertz CT molecular complexity index is 1150. The quantitative estimate of drug-likeness (QED) is 0.386. The Morgan fingerprint density at radius 2 is 2.03 bits per heavy atom. The zero-order valence-electron chi connectivity index (χ0n) is 17.4. The Balaban J connectivity index is 1.72. The summed E-state index contributed by atoms with van der Waals surface area (Å²) in [5.74, 6) is -0.192. The summed E-state index contributed by atoms with van der Waals surface area (Å²) >= 11 is 0. The minimum atomic E-state index is -3.52. The summed E-state index contributed by atoms with van der Waals surface area (Å²) in [6.45, 7) is 3.87. The summed E-state index contributed by atoms with van der Waals surface area (Å²) in [5, 5.41) is 18.4. The van der Waals surface area contributed by atoms with Crippen molar-refractivity contribution >= 4 is 9.84 Å². The van der Waals surface area contributed by atoms with Crippen LogP contribution in [0.25, 0.3) is 11.3 Å². The van der Waals surface area contributed by atoms with Gasteiger partial charge in [0.25, 0.3) is 0 Å². The Labute approximate surface area is 181 Å². The molecule has 4 rings (SSSR count). The molecule has 0 saturated heterocycles. The molecule has 0 spiro atoms. The van der Waals surface area contributed by atoms with Gasteiger partial charge in [0.15, 0.2) is 9.84 Å². The Morgan fingerprint density at radius 1 is 1.23 bits per heavy atom. The second-order valence-electron chi connectivity index (χ2n) is 7.32. The highest BCUT2D eigenvalue weighted by Gasteiger charge is 2.35. The molecule has 2 aromatic heterocycles. The van der Waals surface area contributed by atoms with Crippen molar-refractivity contribution in [2.24, 2.45) is 0 Å². The summed E-state index contributed by atoms with van der Waals surface area (Å²) in [4.78, 5) is 4.66. The monoisotopic (exact) mass is 442 g/mol. The summed E-state index contributed by atoms with van der Waals surface area (Å²) in [5.41, 5.74) is 3.15. The lowest BCUT2D eigenvalue weighted by Gasteiger charge is -2.20. The highest BCUT2D eigenvalue weighted by molar-refractivity contribution is 7.90. The largest absolute Gasteiger partial charge is 0.380 e. The van der Waals surface area contributed by atoms with Crippen LogP contribution in [0, 0.1) is 0 Å². The highest BCUT2D eigenvalue weighted by atomic mass is 32.2. The van der Waals surface area contributed by atoms with Crippen LogP contribution in [0.2, 0.25) is 0 Å². The molecule has 3 aromatic rings. The average molecular weight is 443 g/mol. The van der Waals surface area contributed by atoms with E-state index >= 15 is 0 Å². The van der Waals surface area contributed by atoms with Gasteiger partial charge < -0.3 is 9.84 Å². The molecular weight excluding hydrogens is 416 g/mol. The van der Waals surface area contributed by atoms with Crippen LogP contribution in [0.5, 0.6) is 0 Å². The molecule has 3 heterocycles. The molecule has 0 fully saturated rings. The second kappa shape index (κ2) is 9.27. The maximum atomic E-state index is 12.9. The SMILES string of the molecule is CCOCCNC(O)c1nn(CCc2ccccn2)c2c1CS(=O)(=O)c1ccccc1-2. The minimum Gasteiger partial charge on any atom is -0.380 e. The maximum absolute atomic E-state index is 12.9. The van der Waals surface area contributed by atoms with Crippen molar-refractivity contribution < 1.29 is 18.3 Å². The van der Waals surface area contributed by atoms with Crippen molar-refractivity contribution in [3.8, 4) is 11.3 Å². The fraction of sp³-hybridized carbons (Fsp3) is 0.364. The normalized spacial score (nSPS) is 15.3. The van der Waals surface area contributed by atoms with E-state index in [-0.39, 0.29) is 5.75 Å². The van der Waals surface area contributed by atoms with E-state index in [0.717, 1.165) is 11.4 Å². The summed E-state index contributed by atoms with van der Waals surface area (Å²) in [6, 6.07) is 12.7. The predicted octanol–water partition coefficient (Wildman–Crippen LogP) is 2.09. The molecule has 8 nitrogen and oxygen atoms in total. The number of sulfone groups is 1. The zero-order valence-corrected chi connectivity index (χ0v) is 18.2. The van der Waals surface area contributed by atoms with Crippen molar-refractivity contribution in [3.63, 3.8) is 0 Å². The Hall–Kier alpha value is -2.59. The lowest BCUT2D eigenvalue weighted by molar-refractivity contribution is 0.101. The number of hydrogen-bond donors (Lipinski definition) is 2. The van der Waals surface area contributed by atoms with Gasteiger partial charge in [0.1, 0.15) is 11.9 Å². The fourth-order valence-electron chi connectivity index (χ4n) is 3.82. The lowest BCUT2D eigenvalue weighted by Crippen LogP contribution is -2.26. The minimum absolute atomic E-state index is 0.192. The third-order valence-electron chi connectivity index (χ3n) is 5.25. The lowest BCUT2D eigenvalue weighted by atomic mass is 10.0.